The summed E-state index contributed by atoms with van der Waals surface area (Å²) in [6.07, 6.45) is 0.0763. The van der Waals surface area contributed by atoms with Crippen LogP contribution in [0.15, 0.2) is 0 Å². The second-order valence-corrected chi connectivity index (χ2v) is 4.27. The number of aromatic nitrogens is 4. The molecule has 7 nitrogen and oxygen atoms in total. The molecule has 0 aromatic carbocycles. The first kappa shape index (κ1) is 13.6. The van der Waals surface area contributed by atoms with E-state index in [9.17, 15) is 4.79 Å². The third kappa shape index (κ3) is 3.48. The van der Waals surface area contributed by atoms with Crippen molar-refractivity contribution in [2.75, 3.05) is 0 Å². The molecule has 1 heterocycles. The SMILES string of the molecule is CC(C)OCc1nnnn1C(C)C(C)C(=O)O. The molecule has 1 rings (SSSR count). The van der Waals surface area contributed by atoms with Crippen molar-refractivity contribution in [1.82, 2.24) is 20.2 Å². The largest absolute Gasteiger partial charge is 0.481 e. The molecule has 0 bridgehead atoms. The lowest BCUT2D eigenvalue weighted by Gasteiger charge is -2.17. The number of aliphatic carboxylic acids is 1. The van der Waals surface area contributed by atoms with Crippen molar-refractivity contribution in [3.05, 3.63) is 5.82 Å². The molecule has 0 saturated carbocycles. The number of hydrogen-bond donors (Lipinski definition) is 1. The molecular weight excluding hydrogens is 224 g/mol. The van der Waals surface area contributed by atoms with Gasteiger partial charge in [-0.25, -0.2) is 4.68 Å². The Morgan fingerprint density at radius 2 is 2.06 bits per heavy atom. The number of hydrogen-bond acceptors (Lipinski definition) is 5. The van der Waals surface area contributed by atoms with Gasteiger partial charge in [0.2, 0.25) is 0 Å². The van der Waals surface area contributed by atoms with Gasteiger partial charge in [0.25, 0.3) is 0 Å². The molecule has 0 saturated heterocycles. The summed E-state index contributed by atoms with van der Waals surface area (Å²) >= 11 is 0. The van der Waals surface area contributed by atoms with Crippen LogP contribution in [-0.2, 0) is 16.1 Å². The predicted molar refractivity (Wildman–Crippen MR) is 59.3 cm³/mol. The summed E-state index contributed by atoms with van der Waals surface area (Å²) in [4.78, 5) is 10.9. The zero-order valence-electron chi connectivity index (χ0n) is 10.5. The molecule has 0 fully saturated rings. The minimum Gasteiger partial charge on any atom is -0.481 e. The second kappa shape index (κ2) is 5.72. The Balaban J connectivity index is 2.77. The minimum atomic E-state index is -0.872. The molecule has 0 spiro atoms. The van der Waals surface area contributed by atoms with Crippen LogP contribution in [-0.4, -0.2) is 37.4 Å². The van der Waals surface area contributed by atoms with Gasteiger partial charge in [-0.1, -0.05) is 0 Å². The van der Waals surface area contributed by atoms with Crippen LogP contribution in [0.4, 0.5) is 0 Å². The maximum atomic E-state index is 10.9. The van der Waals surface area contributed by atoms with E-state index in [-0.39, 0.29) is 18.8 Å². The Kier molecular flexibility index (Phi) is 4.56. The van der Waals surface area contributed by atoms with E-state index in [2.05, 4.69) is 15.5 Å². The molecule has 1 aromatic rings. The van der Waals surface area contributed by atoms with Gasteiger partial charge in [0.1, 0.15) is 6.61 Å². The molecule has 0 aliphatic carbocycles. The number of carboxylic acids is 1. The summed E-state index contributed by atoms with van der Waals surface area (Å²) in [6, 6.07) is -0.312. The van der Waals surface area contributed by atoms with Gasteiger partial charge in [0.05, 0.1) is 18.1 Å². The molecule has 1 N–H and O–H groups in total. The molecule has 1 aromatic heterocycles. The summed E-state index contributed by atoms with van der Waals surface area (Å²) in [5.74, 6) is -0.890. The molecule has 0 amide bonds. The molecule has 2 unspecified atom stereocenters. The first-order valence-electron chi connectivity index (χ1n) is 5.54. The molecule has 2 atom stereocenters. The first-order chi connectivity index (χ1) is 7.93. The highest BCUT2D eigenvalue weighted by molar-refractivity contribution is 5.70. The van der Waals surface area contributed by atoms with Crippen LogP contribution in [0.3, 0.4) is 0 Å². The van der Waals surface area contributed by atoms with Crippen molar-refractivity contribution in [3.63, 3.8) is 0 Å². The highest BCUT2D eigenvalue weighted by atomic mass is 16.5. The standard InChI is InChI=1S/C10H18N4O3/c1-6(2)17-5-9-11-12-13-14(9)8(4)7(3)10(15)16/h6-8H,5H2,1-4H3,(H,15,16). The average molecular weight is 242 g/mol. The van der Waals surface area contributed by atoms with E-state index in [4.69, 9.17) is 9.84 Å². The van der Waals surface area contributed by atoms with E-state index < -0.39 is 11.9 Å². The molecule has 0 aliphatic heterocycles. The molecule has 7 heteroatoms. The number of ether oxygens (including phenoxy) is 1. The molecule has 0 radical (unpaired) electrons. The van der Waals surface area contributed by atoms with Gasteiger partial charge < -0.3 is 9.84 Å². The summed E-state index contributed by atoms with van der Waals surface area (Å²) in [6.45, 7) is 7.51. The number of rotatable bonds is 6. The third-order valence-electron chi connectivity index (χ3n) is 2.61. The topological polar surface area (TPSA) is 90.1 Å². The average Bonchev–Trinajstić information content (AvgIpc) is 2.72. The van der Waals surface area contributed by atoms with E-state index >= 15 is 0 Å². The van der Waals surface area contributed by atoms with Crippen molar-refractivity contribution in [3.8, 4) is 0 Å². The van der Waals surface area contributed by atoms with Crippen LogP contribution in [0.1, 0.15) is 39.6 Å². The lowest BCUT2D eigenvalue weighted by Crippen LogP contribution is -2.24. The van der Waals surface area contributed by atoms with Gasteiger partial charge in [-0.2, -0.15) is 0 Å². The van der Waals surface area contributed by atoms with Crippen molar-refractivity contribution < 1.29 is 14.6 Å². The fourth-order valence-corrected chi connectivity index (χ4v) is 1.28. The lowest BCUT2D eigenvalue weighted by atomic mass is 10.0. The van der Waals surface area contributed by atoms with Gasteiger partial charge in [-0.3, -0.25) is 4.79 Å². The van der Waals surface area contributed by atoms with E-state index in [0.29, 0.717) is 5.82 Å². The summed E-state index contributed by atoms with van der Waals surface area (Å²) in [5, 5.41) is 20.1. The quantitative estimate of drug-likeness (QED) is 0.796. The van der Waals surface area contributed by atoms with Crippen LogP contribution in [0.2, 0.25) is 0 Å². The number of nitrogens with zero attached hydrogens (tertiary/aromatic N) is 4. The summed E-state index contributed by atoms with van der Waals surface area (Å²) < 4.78 is 6.91. The van der Waals surface area contributed by atoms with Gasteiger partial charge in [-0.05, 0) is 38.1 Å². The maximum Gasteiger partial charge on any atom is 0.308 e. The number of carbonyl (C=O) groups is 1. The first-order valence-corrected chi connectivity index (χ1v) is 5.54. The normalized spacial score (nSPS) is 14.9. The van der Waals surface area contributed by atoms with Crippen molar-refractivity contribution in [2.45, 2.75) is 46.4 Å². The minimum absolute atomic E-state index is 0.0763. The monoisotopic (exact) mass is 242 g/mol. The van der Waals surface area contributed by atoms with Crippen LogP contribution >= 0.6 is 0 Å². The Morgan fingerprint density at radius 3 is 2.59 bits per heavy atom. The number of tetrazole rings is 1. The highest BCUT2D eigenvalue weighted by Gasteiger charge is 2.24. The third-order valence-corrected chi connectivity index (χ3v) is 2.61. The van der Waals surface area contributed by atoms with Crippen LogP contribution in [0, 0.1) is 5.92 Å². The van der Waals surface area contributed by atoms with Gasteiger partial charge in [0, 0.05) is 0 Å². The second-order valence-electron chi connectivity index (χ2n) is 4.27. The smallest absolute Gasteiger partial charge is 0.308 e. The summed E-state index contributed by atoms with van der Waals surface area (Å²) in [5.41, 5.74) is 0. The Labute approximate surface area is 99.8 Å². The predicted octanol–water partition coefficient (Wildman–Crippen LogP) is 0.880. The fourth-order valence-electron chi connectivity index (χ4n) is 1.28. The zero-order chi connectivity index (χ0) is 13.0. The maximum absolute atomic E-state index is 10.9. The van der Waals surface area contributed by atoms with Crippen molar-refractivity contribution >= 4 is 5.97 Å². The van der Waals surface area contributed by atoms with Gasteiger partial charge >= 0.3 is 5.97 Å². The molecular formula is C10H18N4O3. The highest BCUT2D eigenvalue weighted by Crippen LogP contribution is 2.17. The molecule has 96 valence electrons. The van der Waals surface area contributed by atoms with E-state index in [1.807, 2.05) is 13.8 Å². The van der Waals surface area contributed by atoms with E-state index in [1.165, 1.54) is 4.68 Å². The van der Waals surface area contributed by atoms with Crippen molar-refractivity contribution in [1.29, 1.82) is 0 Å². The zero-order valence-corrected chi connectivity index (χ0v) is 10.5. The molecule has 17 heavy (non-hydrogen) atoms. The Hall–Kier alpha value is -1.50. The van der Waals surface area contributed by atoms with Gasteiger partial charge in [-0.15, -0.1) is 5.10 Å². The lowest BCUT2D eigenvalue weighted by molar-refractivity contribution is -0.142. The Morgan fingerprint density at radius 1 is 1.41 bits per heavy atom. The number of carboxylic acid groups (broad SMARTS) is 1. The van der Waals surface area contributed by atoms with Crippen LogP contribution in [0.25, 0.3) is 0 Å². The van der Waals surface area contributed by atoms with Crippen LogP contribution in [0.5, 0.6) is 0 Å². The Bertz CT molecular complexity index is 377. The van der Waals surface area contributed by atoms with E-state index in [0.717, 1.165) is 0 Å². The van der Waals surface area contributed by atoms with E-state index in [1.54, 1.807) is 13.8 Å². The fraction of sp³-hybridized carbons (Fsp3) is 0.800. The molecule has 0 aliphatic rings. The van der Waals surface area contributed by atoms with Crippen LogP contribution < -0.4 is 0 Å². The summed E-state index contributed by atoms with van der Waals surface area (Å²) in [7, 11) is 0. The van der Waals surface area contributed by atoms with Crippen molar-refractivity contribution in [2.24, 2.45) is 5.92 Å². The van der Waals surface area contributed by atoms with Gasteiger partial charge in [0.15, 0.2) is 5.82 Å².